The van der Waals surface area contributed by atoms with Crippen LogP contribution >= 0.6 is 0 Å². The van der Waals surface area contributed by atoms with Gasteiger partial charge in [-0.15, -0.1) is 0 Å². The molecule has 1 heterocycles. The highest BCUT2D eigenvalue weighted by Gasteiger charge is 2.20. The molecule has 1 unspecified atom stereocenters. The summed E-state index contributed by atoms with van der Waals surface area (Å²) in [5, 5.41) is 0. The lowest BCUT2D eigenvalue weighted by Gasteiger charge is -2.20. The van der Waals surface area contributed by atoms with Crippen LogP contribution in [-0.4, -0.2) is 45.0 Å². The van der Waals surface area contributed by atoms with Crippen molar-refractivity contribution in [3.8, 4) is 11.5 Å². The Morgan fingerprint density at radius 3 is 2.63 bits per heavy atom. The van der Waals surface area contributed by atoms with Gasteiger partial charge >= 0.3 is 0 Å². The van der Waals surface area contributed by atoms with Crippen LogP contribution in [0.3, 0.4) is 0 Å². The molecule has 1 aliphatic rings. The summed E-state index contributed by atoms with van der Waals surface area (Å²) in [4.78, 5) is 2.45. The van der Waals surface area contributed by atoms with Crippen molar-refractivity contribution in [1.82, 2.24) is 4.90 Å². The maximum absolute atomic E-state index is 6.18. The van der Waals surface area contributed by atoms with Crippen LogP contribution in [-0.2, 0) is 17.6 Å². The topological polar surface area (TPSA) is 30.9 Å². The lowest BCUT2D eigenvalue weighted by Crippen LogP contribution is -2.26. The Morgan fingerprint density at radius 2 is 1.89 bits per heavy atom. The van der Waals surface area contributed by atoms with Crippen molar-refractivity contribution in [2.75, 3.05) is 34.1 Å². The fourth-order valence-electron chi connectivity index (χ4n) is 3.68. The Morgan fingerprint density at radius 1 is 1.04 bits per heavy atom. The number of nitrogens with zero attached hydrogens (tertiary/aromatic N) is 1. The maximum Gasteiger partial charge on any atom is 0.188 e. The smallest absolute Gasteiger partial charge is 0.188 e. The first-order valence-electron chi connectivity index (χ1n) is 9.88. The second-order valence-electron chi connectivity index (χ2n) is 7.22. The van der Waals surface area contributed by atoms with Gasteiger partial charge in [0.1, 0.15) is 11.5 Å². The minimum atomic E-state index is 0.256. The number of methoxy groups -OCH3 is 1. The molecule has 0 aromatic heterocycles. The van der Waals surface area contributed by atoms with Crippen molar-refractivity contribution in [3.05, 3.63) is 59.7 Å². The summed E-state index contributed by atoms with van der Waals surface area (Å²) in [6.07, 6.45) is 5.57. The van der Waals surface area contributed by atoms with Gasteiger partial charge in [-0.25, -0.2) is 0 Å². The van der Waals surface area contributed by atoms with E-state index in [1.165, 1.54) is 30.5 Å². The lowest BCUT2D eigenvalue weighted by molar-refractivity contribution is 0.0510. The van der Waals surface area contributed by atoms with Crippen molar-refractivity contribution in [2.45, 2.75) is 38.1 Å². The third-order valence-electron chi connectivity index (χ3n) is 5.28. The summed E-state index contributed by atoms with van der Waals surface area (Å²) in [7, 11) is 3.85. The van der Waals surface area contributed by atoms with Crippen molar-refractivity contribution in [2.24, 2.45) is 0 Å². The van der Waals surface area contributed by atoms with E-state index >= 15 is 0 Å². The SMILES string of the molecule is COCOc1ccc(OCCC2CCCN2C)c(CCc2ccccc2)c1. The molecule has 1 atom stereocenters. The number of aryl methyl sites for hydroxylation is 2. The second-order valence-corrected chi connectivity index (χ2v) is 7.22. The van der Waals surface area contributed by atoms with Crippen LogP contribution in [0.1, 0.15) is 30.4 Å². The second kappa shape index (κ2) is 10.3. The predicted molar refractivity (Wildman–Crippen MR) is 109 cm³/mol. The van der Waals surface area contributed by atoms with Crippen LogP contribution in [0.2, 0.25) is 0 Å². The summed E-state index contributed by atoms with van der Waals surface area (Å²) in [5.74, 6) is 1.79. The molecule has 0 amide bonds. The predicted octanol–water partition coefficient (Wildman–Crippen LogP) is 4.32. The van der Waals surface area contributed by atoms with E-state index in [4.69, 9.17) is 14.2 Å². The standard InChI is InChI=1S/C23H31NO3/c1-24-15-6-9-21(24)14-16-26-23-13-12-22(27-18-25-2)17-20(23)11-10-19-7-4-3-5-8-19/h3-5,7-8,12-13,17,21H,6,9-11,14-16,18H2,1-2H3. The van der Waals surface area contributed by atoms with E-state index in [1.807, 2.05) is 12.1 Å². The van der Waals surface area contributed by atoms with Gasteiger partial charge in [-0.05, 0) is 75.0 Å². The maximum atomic E-state index is 6.18. The summed E-state index contributed by atoms with van der Waals surface area (Å²) < 4.78 is 16.8. The van der Waals surface area contributed by atoms with Crippen LogP contribution in [0.25, 0.3) is 0 Å². The Kier molecular flexibility index (Phi) is 7.55. The van der Waals surface area contributed by atoms with E-state index in [0.29, 0.717) is 6.04 Å². The zero-order chi connectivity index (χ0) is 18.9. The molecule has 1 saturated heterocycles. The molecule has 0 saturated carbocycles. The normalized spacial score (nSPS) is 17.2. The zero-order valence-corrected chi connectivity index (χ0v) is 16.5. The highest BCUT2D eigenvalue weighted by Crippen LogP contribution is 2.27. The molecule has 1 aliphatic heterocycles. The molecule has 3 rings (SSSR count). The number of benzene rings is 2. The monoisotopic (exact) mass is 369 g/mol. The molecule has 0 spiro atoms. The summed E-state index contributed by atoms with van der Waals surface area (Å²) >= 11 is 0. The average Bonchev–Trinajstić information content (AvgIpc) is 3.11. The molecular weight excluding hydrogens is 338 g/mol. The third-order valence-corrected chi connectivity index (χ3v) is 5.28. The Balaban J connectivity index is 1.63. The van der Waals surface area contributed by atoms with E-state index in [9.17, 15) is 0 Å². The molecule has 1 fully saturated rings. The highest BCUT2D eigenvalue weighted by molar-refractivity contribution is 5.41. The molecule has 4 heteroatoms. The van der Waals surface area contributed by atoms with Gasteiger partial charge in [-0.3, -0.25) is 0 Å². The van der Waals surface area contributed by atoms with Gasteiger partial charge in [0, 0.05) is 13.2 Å². The number of ether oxygens (including phenoxy) is 3. The summed E-state index contributed by atoms with van der Waals surface area (Å²) in [5.41, 5.74) is 2.52. The van der Waals surface area contributed by atoms with E-state index in [0.717, 1.165) is 37.4 Å². The number of hydrogen-bond acceptors (Lipinski definition) is 4. The molecule has 0 N–H and O–H groups in total. The molecule has 2 aromatic carbocycles. The van der Waals surface area contributed by atoms with Gasteiger partial charge in [-0.1, -0.05) is 30.3 Å². The first kappa shape index (κ1) is 19.7. The minimum Gasteiger partial charge on any atom is -0.493 e. The lowest BCUT2D eigenvalue weighted by atomic mass is 10.0. The number of hydrogen-bond donors (Lipinski definition) is 0. The van der Waals surface area contributed by atoms with Crippen LogP contribution in [0, 0.1) is 0 Å². The molecule has 4 nitrogen and oxygen atoms in total. The van der Waals surface area contributed by atoms with E-state index in [1.54, 1.807) is 7.11 Å². The Labute approximate surface area is 163 Å². The molecule has 0 bridgehead atoms. The highest BCUT2D eigenvalue weighted by atomic mass is 16.7. The van der Waals surface area contributed by atoms with Crippen LogP contribution in [0.15, 0.2) is 48.5 Å². The average molecular weight is 370 g/mol. The van der Waals surface area contributed by atoms with Crippen LogP contribution in [0.5, 0.6) is 11.5 Å². The van der Waals surface area contributed by atoms with Crippen molar-refractivity contribution in [1.29, 1.82) is 0 Å². The van der Waals surface area contributed by atoms with Gasteiger partial charge in [-0.2, -0.15) is 0 Å². The van der Waals surface area contributed by atoms with E-state index in [2.05, 4.69) is 48.3 Å². The largest absolute Gasteiger partial charge is 0.493 e. The van der Waals surface area contributed by atoms with Crippen molar-refractivity contribution < 1.29 is 14.2 Å². The quantitative estimate of drug-likeness (QED) is 0.584. The fraction of sp³-hybridized carbons (Fsp3) is 0.478. The van der Waals surface area contributed by atoms with Crippen molar-refractivity contribution in [3.63, 3.8) is 0 Å². The zero-order valence-electron chi connectivity index (χ0n) is 16.5. The van der Waals surface area contributed by atoms with E-state index in [-0.39, 0.29) is 6.79 Å². The molecule has 0 aliphatic carbocycles. The van der Waals surface area contributed by atoms with E-state index < -0.39 is 0 Å². The molecule has 146 valence electrons. The van der Waals surface area contributed by atoms with Crippen LogP contribution < -0.4 is 9.47 Å². The van der Waals surface area contributed by atoms with Gasteiger partial charge in [0.05, 0.1) is 6.61 Å². The fourth-order valence-corrected chi connectivity index (χ4v) is 3.68. The minimum absolute atomic E-state index is 0.256. The third kappa shape index (κ3) is 5.98. The van der Waals surface area contributed by atoms with Gasteiger partial charge in [0.2, 0.25) is 0 Å². The summed E-state index contributed by atoms with van der Waals surface area (Å²) in [6.45, 7) is 2.22. The molecular formula is C23H31NO3. The number of rotatable bonds is 10. The summed E-state index contributed by atoms with van der Waals surface area (Å²) in [6, 6.07) is 17.3. The Hall–Kier alpha value is -2.04. The molecule has 0 radical (unpaired) electrons. The first-order valence-corrected chi connectivity index (χ1v) is 9.88. The molecule has 2 aromatic rings. The van der Waals surface area contributed by atoms with Gasteiger partial charge in [0.25, 0.3) is 0 Å². The van der Waals surface area contributed by atoms with Crippen LogP contribution in [0.4, 0.5) is 0 Å². The first-order chi connectivity index (χ1) is 13.3. The molecule has 27 heavy (non-hydrogen) atoms. The van der Waals surface area contributed by atoms with Crippen molar-refractivity contribution >= 4 is 0 Å². The van der Waals surface area contributed by atoms with Gasteiger partial charge in [0.15, 0.2) is 6.79 Å². The Bertz CT molecular complexity index is 689. The van der Waals surface area contributed by atoms with Gasteiger partial charge < -0.3 is 19.1 Å². The number of likely N-dealkylation sites (tertiary alicyclic amines) is 1.